The Bertz CT molecular complexity index is 953. The van der Waals surface area contributed by atoms with Gasteiger partial charge >= 0.3 is 5.97 Å². The minimum Gasteiger partial charge on any atom is -0.452 e. The van der Waals surface area contributed by atoms with E-state index in [0.29, 0.717) is 16.3 Å². The van der Waals surface area contributed by atoms with Crippen molar-refractivity contribution >= 4 is 39.9 Å². The monoisotopic (exact) mass is 353 g/mol. The van der Waals surface area contributed by atoms with Crippen LogP contribution in [0.3, 0.4) is 0 Å². The highest BCUT2D eigenvalue weighted by Crippen LogP contribution is 2.19. The highest BCUT2D eigenvalue weighted by atomic mass is 35.5. The highest BCUT2D eigenvalue weighted by Gasteiger charge is 2.11. The summed E-state index contributed by atoms with van der Waals surface area (Å²) in [6.07, 6.45) is 0. The first kappa shape index (κ1) is 17.0. The van der Waals surface area contributed by atoms with E-state index in [1.165, 1.54) is 0 Å². The van der Waals surface area contributed by atoms with Gasteiger partial charge in [-0.1, -0.05) is 41.9 Å². The van der Waals surface area contributed by atoms with Crippen molar-refractivity contribution in [1.29, 1.82) is 0 Å². The predicted octanol–water partition coefficient (Wildman–Crippen LogP) is 4.60. The molecule has 3 aromatic rings. The van der Waals surface area contributed by atoms with Gasteiger partial charge in [0.1, 0.15) is 0 Å². The topological polar surface area (TPSA) is 55.4 Å². The summed E-state index contributed by atoms with van der Waals surface area (Å²) in [4.78, 5) is 24.1. The number of halogens is 1. The summed E-state index contributed by atoms with van der Waals surface area (Å²) in [6.45, 7) is 1.48. The lowest BCUT2D eigenvalue weighted by Crippen LogP contribution is -2.21. The summed E-state index contributed by atoms with van der Waals surface area (Å²) < 4.78 is 5.10. The third kappa shape index (κ3) is 4.17. The third-order valence-corrected chi connectivity index (χ3v) is 4.02. The Morgan fingerprint density at radius 2 is 1.76 bits per heavy atom. The Kier molecular flexibility index (Phi) is 5.00. The maximum absolute atomic E-state index is 12.1. The molecule has 0 heterocycles. The van der Waals surface area contributed by atoms with Crippen LogP contribution in [-0.2, 0) is 9.53 Å². The summed E-state index contributed by atoms with van der Waals surface area (Å²) in [5, 5.41) is 5.27. The molecule has 0 aliphatic heterocycles. The van der Waals surface area contributed by atoms with E-state index < -0.39 is 11.9 Å². The van der Waals surface area contributed by atoms with Crippen molar-refractivity contribution in [3.63, 3.8) is 0 Å². The normalized spacial score (nSPS) is 10.5. The number of carbonyl (C=O) groups is 2. The number of nitrogens with one attached hydrogen (secondary N) is 1. The molecule has 4 nitrogen and oxygen atoms in total. The summed E-state index contributed by atoms with van der Waals surface area (Å²) in [5.41, 5.74) is 1.88. The lowest BCUT2D eigenvalue weighted by Gasteiger charge is -2.09. The fourth-order valence-corrected chi connectivity index (χ4v) is 2.71. The summed E-state index contributed by atoms with van der Waals surface area (Å²) in [6, 6.07) is 18.1. The predicted molar refractivity (Wildman–Crippen MR) is 99.0 cm³/mol. The van der Waals surface area contributed by atoms with Gasteiger partial charge in [0, 0.05) is 10.7 Å². The zero-order valence-corrected chi connectivity index (χ0v) is 14.3. The molecule has 0 unspecified atom stereocenters. The van der Waals surface area contributed by atoms with Crippen LogP contribution in [0.25, 0.3) is 10.8 Å². The van der Waals surface area contributed by atoms with E-state index in [1.807, 2.05) is 37.3 Å². The Morgan fingerprint density at radius 3 is 2.52 bits per heavy atom. The molecule has 25 heavy (non-hydrogen) atoms. The second-order valence-electron chi connectivity index (χ2n) is 5.65. The summed E-state index contributed by atoms with van der Waals surface area (Å²) >= 11 is 5.88. The molecule has 1 N–H and O–H groups in total. The summed E-state index contributed by atoms with van der Waals surface area (Å²) in [7, 11) is 0. The van der Waals surface area contributed by atoms with Crippen molar-refractivity contribution in [2.24, 2.45) is 0 Å². The number of aryl methyl sites for hydroxylation is 1. The number of hydrogen-bond acceptors (Lipinski definition) is 3. The van der Waals surface area contributed by atoms with Crippen molar-refractivity contribution in [1.82, 2.24) is 0 Å². The molecule has 0 saturated carbocycles. The van der Waals surface area contributed by atoms with Gasteiger partial charge in [0.2, 0.25) is 0 Å². The average Bonchev–Trinajstić information content (AvgIpc) is 2.61. The van der Waals surface area contributed by atoms with Crippen LogP contribution in [0.1, 0.15) is 15.9 Å². The lowest BCUT2D eigenvalue weighted by molar-refractivity contribution is -0.119. The smallest absolute Gasteiger partial charge is 0.338 e. The first-order valence-electron chi connectivity index (χ1n) is 7.75. The minimum absolute atomic E-state index is 0.353. The largest absolute Gasteiger partial charge is 0.452 e. The quantitative estimate of drug-likeness (QED) is 0.697. The number of esters is 1. The van der Waals surface area contributed by atoms with Crippen LogP contribution in [0.2, 0.25) is 5.02 Å². The SMILES string of the molecule is Cc1cc(Cl)ccc1NC(=O)COC(=O)c1ccc2ccccc2c1. The van der Waals surface area contributed by atoms with Gasteiger partial charge in [-0.2, -0.15) is 0 Å². The number of carbonyl (C=O) groups excluding carboxylic acids is 2. The van der Waals surface area contributed by atoms with E-state index in [-0.39, 0.29) is 6.61 Å². The molecule has 5 heteroatoms. The first-order valence-corrected chi connectivity index (χ1v) is 8.12. The molecule has 0 bridgehead atoms. The zero-order valence-electron chi connectivity index (χ0n) is 13.6. The fraction of sp³-hybridized carbons (Fsp3) is 0.100. The van der Waals surface area contributed by atoms with Crippen molar-refractivity contribution in [2.45, 2.75) is 6.92 Å². The van der Waals surface area contributed by atoms with E-state index in [2.05, 4.69) is 5.32 Å². The molecule has 0 spiro atoms. The van der Waals surface area contributed by atoms with Crippen LogP contribution in [0, 0.1) is 6.92 Å². The molecule has 126 valence electrons. The van der Waals surface area contributed by atoms with Crippen LogP contribution in [0.5, 0.6) is 0 Å². The molecule has 3 rings (SSSR count). The maximum atomic E-state index is 12.1. The van der Waals surface area contributed by atoms with Crippen LogP contribution >= 0.6 is 11.6 Å². The van der Waals surface area contributed by atoms with E-state index in [4.69, 9.17) is 16.3 Å². The molecule has 0 aliphatic rings. The second kappa shape index (κ2) is 7.36. The van der Waals surface area contributed by atoms with Gasteiger partial charge in [-0.25, -0.2) is 4.79 Å². The standard InChI is InChI=1S/C20H16ClNO3/c1-13-10-17(21)8-9-18(13)22-19(23)12-25-20(24)16-7-6-14-4-2-3-5-15(14)11-16/h2-11H,12H2,1H3,(H,22,23). The summed E-state index contributed by atoms with van der Waals surface area (Å²) in [5.74, 6) is -0.937. The molecular weight excluding hydrogens is 338 g/mol. The average molecular weight is 354 g/mol. The molecule has 3 aromatic carbocycles. The minimum atomic E-state index is -0.534. The second-order valence-corrected chi connectivity index (χ2v) is 6.08. The first-order chi connectivity index (χ1) is 12.0. The Hall–Kier alpha value is -2.85. The number of benzene rings is 3. The van der Waals surface area contributed by atoms with Crippen molar-refractivity contribution < 1.29 is 14.3 Å². The number of ether oxygens (including phenoxy) is 1. The third-order valence-electron chi connectivity index (χ3n) is 3.78. The van der Waals surface area contributed by atoms with Crippen LogP contribution in [0.4, 0.5) is 5.69 Å². The van der Waals surface area contributed by atoms with Gasteiger partial charge in [0.05, 0.1) is 5.56 Å². The Labute approximate surface area is 150 Å². The molecule has 0 atom stereocenters. The van der Waals surface area contributed by atoms with Gasteiger partial charge in [0.25, 0.3) is 5.91 Å². The number of rotatable bonds is 4. The van der Waals surface area contributed by atoms with E-state index in [9.17, 15) is 9.59 Å². The fourth-order valence-electron chi connectivity index (χ4n) is 2.48. The highest BCUT2D eigenvalue weighted by molar-refractivity contribution is 6.30. The number of hydrogen-bond donors (Lipinski definition) is 1. The Balaban J connectivity index is 1.61. The molecule has 1 amide bonds. The molecule has 0 aliphatic carbocycles. The van der Waals surface area contributed by atoms with Gasteiger partial charge < -0.3 is 10.1 Å². The van der Waals surface area contributed by atoms with E-state index >= 15 is 0 Å². The van der Waals surface area contributed by atoms with Crippen molar-refractivity contribution in [3.8, 4) is 0 Å². The van der Waals surface area contributed by atoms with Crippen molar-refractivity contribution in [2.75, 3.05) is 11.9 Å². The van der Waals surface area contributed by atoms with E-state index in [0.717, 1.165) is 16.3 Å². The molecule has 0 saturated heterocycles. The van der Waals surface area contributed by atoms with Gasteiger partial charge in [-0.3, -0.25) is 4.79 Å². The Morgan fingerprint density at radius 1 is 1.00 bits per heavy atom. The lowest BCUT2D eigenvalue weighted by atomic mass is 10.1. The zero-order chi connectivity index (χ0) is 17.8. The van der Waals surface area contributed by atoms with Gasteiger partial charge in [-0.15, -0.1) is 0 Å². The number of amides is 1. The maximum Gasteiger partial charge on any atom is 0.338 e. The van der Waals surface area contributed by atoms with Crippen LogP contribution in [0.15, 0.2) is 60.7 Å². The molecular formula is C20H16ClNO3. The van der Waals surface area contributed by atoms with Gasteiger partial charge in [-0.05, 0) is 53.6 Å². The molecule has 0 aromatic heterocycles. The number of anilines is 1. The van der Waals surface area contributed by atoms with Gasteiger partial charge in [0.15, 0.2) is 6.61 Å². The van der Waals surface area contributed by atoms with E-state index in [1.54, 1.807) is 30.3 Å². The molecule has 0 fully saturated rings. The number of fused-ring (bicyclic) bond motifs is 1. The van der Waals surface area contributed by atoms with Crippen LogP contribution in [-0.4, -0.2) is 18.5 Å². The van der Waals surface area contributed by atoms with Crippen molar-refractivity contribution in [3.05, 3.63) is 76.8 Å². The molecule has 0 radical (unpaired) electrons. The van der Waals surface area contributed by atoms with Crippen LogP contribution < -0.4 is 5.32 Å².